The van der Waals surface area contributed by atoms with Gasteiger partial charge in [-0.1, -0.05) is 0 Å². The van der Waals surface area contributed by atoms with Gasteiger partial charge in [-0.3, -0.25) is 4.55 Å². The molecular weight excluding hydrogens is 603 g/mol. The second-order valence-electron chi connectivity index (χ2n) is 7.73. The number of hydrogen-bond donors (Lipinski definition) is 2. The molecule has 224 valence electrons. The molecule has 0 amide bonds. The van der Waals surface area contributed by atoms with Gasteiger partial charge in [0.15, 0.2) is 0 Å². The Bertz CT molecular complexity index is 1000. The van der Waals surface area contributed by atoms with Crippen molar-refractivity contribution in [2.75, 3.05) is 39.5 Å². The van der Waals surface area contributed by atoms with E-state index < -0.39 is 90.9 Å². The van der Waals surface area contributed by atoms with Crippen molar-refractivity contribution in [1.82, 2.24) is 9.21 Å². The molecule has 8 nitrogen and oxygen atoms in total. The first-order valence-electron chi connectivity index (χ1n) is 9.15. The summed E-state index contributed by atoms with van der Waals surface area (Å²) in [6.07, 6.45) is -11.1. The van der Waals surface area contributed by atoms with E-state index in [0.29, 0.717) is 0 Å². The lowest BCUT2D eigenvalue weighted by molar-refractivity contribution is -0.433. The van der Waals surface area contributed by atoms with Crippen LogP contribution in [-0.4, -0.2) is 116 Å². The molecule has 0 aliphatic rings. The molecule has 23 heteroatoms. The Hall–Kier alpha value is -1.17. The summed E-state index contributed by atoms with van der Waals surface area (Å²) >= 11 is 0. The number of sulfonamides is 1. The van der Waals surface area contributed by atoms with E-state index in [0.717, 1.165) is 0 Å². The number of nitrogens with zero attached hydrogens (tertiary/aromatic N) is 2. The second-order valence-corrected chi connectivity index (χ2v) is 11.2. The lowest BCUT2D eigenvalue weighted by Gasteiger charge is -2.40. The molecule has 0 aliphatic carbocycles. The molecule has 1 unspecified atom stereocenters. The third-order valence-corrected chi connectivity index (χ3v) is 7.12. The van der Waals surface area contributed by atoms with Crippen molar-refractivity contribution < 1.29 is 83.6 Å². The van der Waals surface area contributed by atoms with Crippen LogP contribution in [-0.2, 0) is 20.1 Å². The standard InChI is InChI=1S/C14H19F13N2O6S2/c1-28(2)4-3-5-29(6-8(30)7-36(31,32)33)37(34,35)14(26,27)12(21,22)10(17,18)9(15,16)11(19,20)13(23,24)25/h8,30H,3-7H2,1-2H3,(H,31,32,33). The van der Waals surface area contributed by atoms with Crippen LogP contribution in [0.25, 0.3) is 0 Å². The molecule has 0 aromatic carbocycles. The second kappa shape index (κ2) is 10.8. The van der Waals surface area contributed by atoms with Gasteiger partial charge in [0.1, 0.15) is 5.75 Å². The number of rotatable bonds is 14. The maximum absolute atomic E-state index is 14.3. The summed E-state index contributed by atoms with van der Waals surface area (Å²) in [4.78, 5) is 1.19. The van der Waals surface area contributed by atoms with Crippen LogP contribution in [0.4, 0.5) is 57.1 Å². The fraction of sp³-hybridized carbons (Fsp3) is 1.00. The number of halogens is 13. The summed E-state index contributed by atoms with van der Waals surface area (Å²) < 4.78 is 227. The topological polar surface area (TPSA) is 115 Å². The molecule has 0 saturated heterocycles. The lowest BCUT2D eigenvalue weighted by Crippen LogP contribution is -2.72. The van der Waals surface area contributed by atoms with E-state index in [1.165, 1.54) is 19.0 Å². The van der Waals surface area contributed by atoms with Crippen molar-refractivity contribution in [2.24, 2.45) is 0 Å². The normalized spacial score (nSPS) is 16.5. The minimum Gasteiger partial charge on any atom is -0.391 e. The van der Waals surface area contributed by atoms with Crippen molar-refractivity contribution in [3.8, 4) is 0 Å². The van der Waals surface area contributed by atoms with Crippen molar-refractivity contribution in [1.29, 1.82) is 0 Å². The predicted octanol–water partition coefficient (Wildman–Crippen LogP) is 2.51. The Morgan fingerprint density at radius 2 is 1.11 bits per heavy atom. The van der Waals surface area contributed by atoms with Gasteiger partial charge < -0.3 is 10.0 Å². The number of hydrogen-bond acceptors (Lipinski definition) is 6. The fourth-order valence-electron chi connectivity index (χ4n) is 2.48. The zero-order chi connectivity index (χ0) is 30.3. The van der Waals surface area contributed by atoms with Gasteiger partial charge in [0, 0.05) is 13.1 Å². The summed E-state index contributed by atoms with van der Waals surface area (Å²) in [6, 6.07) is 0. The smallest absolute Gasteiger partial charge is 0.391 e. The van der Waals surface area contributed by atoms with Gasteiger partial charge in [-0.05, 0) is 27.1 Å². The van der Waals surface area contributed by atoms with E-state index >= 15 is 0 Å². The molecule has 0 aromatic rings. The third-order valence-electron chi connectivity index (χ3n) is 4.40. The zero-order valence-corrected chi connectivity index (χ0v) is 19.9. The van der Waals surface area contributed by atoms with E-state index in [1.807, 2.05) is 0 Å². The highest BCUT2D eigenvalue weighted by molar-refractivity contribution is 7.90. The van der Waals surface area contributed by atoms with Crippen molar-refractivity contribution in [3.63, 3.8) is 0 Å². The Morgan fingerprint density at radius 1 is 0.703 bits per heavy atom. The van der Waals surface area contributed by atoms with Crippen LogP contribution in [0.5, 0.6) is 0 Å². The van der Waals surface area contributed by atoms with E-state index in [9.17, 15) is 79.0 Å². The summed E-state index contributed by atoms with van der Waals surface area (Å²) in [6.45, 7) is -3.73. The Labute approximate surface area is 200 Å². The molecule has 0 fully saturated rings. The van der Waals surface area contributed by atoms with Crippen molar-refractivity contribution in [2.45, 2.75) is 47.6 Å². The Kier molecular flexibility index (Phi) is 10.4. The van der Waals surface area contributed by atoms with Crippen LogP contribution in [0.3, 0.4) is 0 Å². The van der Waals surface area contributed by atoms with E-state index in [1.54, 1.807) is 0 Å². The van der Waals surface area contributed by atoms with Crippen LogP contribution < -0.4 is 0 Å². The minimum atomic E-state index is -8.38. The van der Waals surface area contributed by atoms with Crippen molar-refractivity contribution in [3.05, 3.63) is 0 Å². The number of alkyl halides is 13. The largest absolute Gasteiger partial charge is 0.460 e. The molecule has 0 rings (SSSR count). The SMILES string of the molecule is CN(C)CCCN(CC(O)CS(=O)(=O)O)S(=O)(=O)C(F)(F)C(F)(F)C(F)(F)C(F)(F)C(F)(F)C(F)(F)F. The summed E-state index contributed by atoms with van der Waals surface area (Å²) in [5, 5.41) is 1.95. The van der Waals surface area contributed by atoms with E-state index in [-0.39, 0.29) is 6.54 Å². The average molecular weight is 622 g/mol. The van der Waals surface area contributed by atoms with Crippen LogP contribution in [0.15, 0.2) is 0 Å². The van der Waals surface area contributed by atoms with Gasteiger partial charge in [-0.2, -0.15) is 69.8 Å². The lowest BCUT2D eigenvalue weighted by atomic mass is 9.98. The van der Waals surface area contributed by atoms with Crippen LogP contribution >= 0.6 is 0 Å². The van der Waals surface area contributed by atoms with Gasteiger partial charge in [0.25, 0.3) is 20.1 Å². The van der Waals surface area contributed by atoms with Gasteiger partial charge >= 0.3 is 35.1 Å². The quantitative estimate of drug-likeness (QED) is 0.226. The molecule has 0 heterocycles. The summed E-state index contributed by atoms with van der Waals surface area (Å²) in [5.74, 6) is -34.8. The molecule has 0 bridgehead atoms. The van der Waals surface area contributed by atoms with Gasteiger partial charge in [-0.15, -0.1) is 0 Å². The number of aliphatic hydroxyl groups is 1. The predicted molar refractivity (Wildman–Crippen MR) is 96.9 cm³/mol. The average Bonchev–Trinajstić information content (AvgIpc) is 2.63. The maximum atomic E-state index is 14.3. The van der Waals surface area contributed by atoms with Gasteiger partial charge in [0.05, 0.1) is 6.10 Å². The first-order valence-corrected chi connectivity index (χ1v) is 12.2. The Balaban J connectivity index is 6.74. The Morgan fingerprint density at radius 3 is 1.46 bits per heavy atom. The fourth-order valence-corrected chi connectivity index (χ4v) is 4.59. The third kappa shape index (κ3) is 6.89. The van der Waals surface area contributed by atoms with Gasteiger partial charge in [0.2, 0.25) is 0 Å². The van der Waals surface area contributed by atoms with Gasteiger partial charge in [-0.25, -0.2) is 8.42 Å². The molecule has 37 heavy (non-hydrogen) atoms. The summed E-state index contributed by atoms with van der Waals surface area (Å²) in [5.41, 5.74) is 0. The maximum Gasteiger partial charge on any atom is 0.460 e. The van der Waals surface area contributed by atoms with Crippen molar-refractivity contribution >= 4 is 20.1 Å². The first-order chi connectivity index (χ1) is 15.9. The highest BCUT2D eigenvalue weighted by Gasteiger charge is 2.92. The monoisotopic (exact) mass is 622 g/mol. The van der Waals surface area contributed by atoms with Crippen LogP contribution in [0.2, 0.25) is 0 Å². The zero-order valence-electron chi connectivity index (χ0n) is 18.3. The summed E-state index contributed by atoms with van der Waals surface area (Å²) in [7, 11) is -10.1. The minimum absolute atomic E-state index is 0.297. The molecule has 0 aromatic heterocycles. The first kappa shape index (κ1) is 35.8. The highest BCUT2D eigenvalue weighted by atomic mass is 32.2. The molecule has 0 radical (unpaired) electrons. The molecule has 0 spiro atoms. The van der Waals surface area contributed by atoms with E-state index in [2.05, 4.69) is 0 Å². The van der Waals surface area contributed by atoms with Crippen LogP contribution in [0.1, 0.15) is 6.42 Å². The van der Waals surface area contributed by atoms with E-state index in [4.69, 9.17) is 4.55 Å². The molecular formula is C14H19F13N2O6S2. The molecule has 2 N–H and O–H groups in total. The van der Waals surface area contributed by atoms with Crippen LogP contribution in [0, 0.1) is 0 Å². The molecule has 0 aliphatic heterocycles. The highest BCUT2D eigenvalue weighted by Crippen LogP contribution is 2.61. The molecule has 0 saturated carbocycles. The number of aliphatic hydroxyl groups excluding tert-OH is 1. The molecule has 1 atom stereocenters.